The second-order valence-corrected chi connectivity index (χ2v) is 8.47. The highest BCUT2D eigenvalue weighted by molar-refractivity contribution is 6.01. The van der Waals surface area contributed by atoms with Crippen LogP contribution in [0, 0.1) is 13.8 Å². The van der Waals surface area contributed by atoms with Gasteiger partial charge in [0, 0.05) is 25.9 Å². The van der Waals surface area contributed by atoms with Crippen molar-refractivity contribution in [2.45, 2.75) is 52.1 Å². The van der Waals surface area contributed by atoms with Crippen molar-refractivity contribution in [3.63, 3.8) is 0 Å². The van der Waals surface area contributed by atoms with E-state index in [1.54, 1.807) is 0 Å². The number of benzene rings is 2. The number of hydrogen-bond donors (Lipinski definition) is 0. The fourth-order valence-electron chi connectivity index (χ4n) is 4.55. The van der Waals surface area contributed by atoms with Crippen molar-refractivity contribution in [1.82, 2.24) is 4.90 Å². The molecule has 0 atom stereocenters. The molecule has 158 valence electrons. The Bertz CT molecular complexity index is 973. The van der Waals surface area contributed by atoms with Crippen LogP contribution in [0.2, 0.25) is 0 Å². The van der Waals surface area contributed by atoms with Crippen molar-refractivity contribution in [2.75, 3.05) is 19.7 Å². The van der Waals surface area contributed by atoms with Crippen LogP contribution in [-0.2, 0) is 11.2 Å². The fraction of sp³-hybridized carbons (Fsp3) is 0.440. The first-order valence-corrected chi connectivity index (χ1v) is 10.7. The summed E-state index contributed by atoms with van der Waals surface area (Å²) in [5, 5.41) is 0. The quantitative estimate of drug-likeness (QED) is 0.759. The maximum absolute atomic E-state index is 12.8. The molecule has 1 spiro atoms. The van der Waals surface area contributed by atoms with Gasteiger partial charge in [0.25, 0.3) is 5.91 Å². The summed E-state index contributed by atoms with van der Waals surface area (Å²) in [4.78, 5) is 27.3. The van der Waals surface area contributed by atoms with Gasteiger partial charge >= 0.3 is 0 Å². The van der Waals surface area contributed by atoms with Crippen LogP contribution in [0.15, 0.2) is 36.4 Å². The molecular formula is C25H29NO4. The van der Waals surface area contributed by atoms with Gasteiger partial charge in [-0.15, -0.1) is 0 Å². The Morgan fingerprint density at radius 1 is 1.17 bits per heavy atom. The third-order valence-electron chi connectivity index (χ3n) is 6.25. The van der Waals surface area contributed by atoms with Gasteiger partial charge in [-0.2, -0.15) is 0 Å². The van der Waals surface area contributed by atoms with Crippen LogP contribution in [-0.4, -0.2) is 41.9 Å². The molecule has 0 N–H and O–H groups in total. The first-order valence-electron chi connectivity index (χ1n) is 10.7. The highest BCUT2D eigenvalue weighted by Gasteiger charge is 2.44. The zero-order valence-corrected chi connectivity index (χ0v) is 18.0. The summed E-state index contributed by atoms with van der Waals surface area (Å²) >= 11 is 0. The minimum atomic E-state index is -0.503. The zero-order valence-electron chi connectivity index (χ0n) is 18.0. The SMILES string of the molecule is CCc1ccccc1OCC(=O)N1CCC2(CC1)CC(=O)c1cc(C)cc(C)c1O2. The number of rotatable bonds is 4. The lowest BCUT2D eigenvalue weighted by molar-refractivity contribution is -0.137. The molecule has 0 saturated carbocycles. The molecule has 2 aliphatic heterocycles. The fourth-order valence-corrected chi connectivity index (χ4v) is 4.55. The molecule has 2 aromatic rings. The third kappa shape index (κ3) is 3.93. The molecule has 1 saturated heterocycles. The molecule has 0 aromatic heterocycles. The number of fused-ring (bicyclic) bond motifs is 1. The Balaban J connectivity index is 1.39. The summed E-state index contributed by atoms with van der Waals surface area (Å²) in [5.41, 5.74) is 3.36. The second-order valence-electron chi connectivity index (χ2n) is 8.47. The van der Waals surface area contributed by atoms with Crippen LogP contribution < -0.4 is 9.47 Å². The summed E-state index contributed by atoms with van der Waals surface area (Å²) in [6, 6.07) is 11.8. The number of piperidine rings is 1. The molecule has 2 heterocycles. The van der Waals surface area contributed by atoms with E-state index in [1.165, 1.54) is 0 Å². The van der Waals surface area contributed by atoms with Crippen molar-refractivity contribution in [3.8, 4) is 11.5 Å². The van der Waals surface area contributed by atoms with Gasteiger partial charge in [-0.3, -0.25) is 9.59 Å². The van der Waals surface area contributed by atoms with Crippen LogP contribution in [0.5, 0.6) is 11.5 Å². The van der Waals surface area contributed by atoms with E-state index in [0.717, 1.165) is 34.6 Å². The van der Waals surface area contributed by atoms with Crippen LogP contribution in [0.3, 0.4) is 0 Å². The van der Waals surface area contributed by atoms with E-state index in [0.29, 0.717) is 37.9 Å². The van der Waals surface area contributed by atoms with Crippen molar-refractivity contribution in [3.05, 3.63) is 58.7 Å². The van der Waals surface area contributed by atoms with E-state index < -0.39 is 5.60 Å². The molecule has 1 fully saturated rings. The zero-order chi connectivity index (χ0) is 21.3. The van der Waals surface area contributed by atoms with Crippen LogP contribution in [0.4, 0.5) is 0 Å². The predicted molar refractivity (Wildman–Crippen MR) is 115 cm³/mol. The van der Waals surface area contributed by atoms with E-state index in [1.807, 2.05) is 49.1 Å². The van der Waals surface area contributed by atoms with Gasteiger partial charge in [0.2, 0.25) is 0 Å². The number of para-hydroxylation sites is 1. The summed E-state index contributed by atoms with van der Waals surface area (Å²) in [6.45, 7) is 7.24. The minimum absolute atomic E-state index is 0.0231. The molecule has 30 heavy (non-hydrogen) atoms. The smallest absolute Gasteiger partial charge is 0.260 e. The predicted octanol–water partition coefficient (Wildman–Crippen LogP) is 4.27. The normalized spacial score (nSPS) is 17.4. The van der Waals surface area contributed by atoms with Gasteiger partial charge in [-0.1, -0.05) is 31.2 Å². The summed E-state index contributed by atoms with van der Waals surface area (Å²) in [5.74, 6) is 1.61. The van der Waals surface area contributed by atoms with Gasteiger partial charge in [0.1, 0.15) is 17.1 Å². The number of Topliss-reactive ketones (excluding diaryl/α,β-unsaturated/α-hetero) is 1. The van der Waals surface area contributed by atoms with Crippen molar-refractivity contribution in [2.24, 2.45) is 0 Å². The van der Waals surface area contributed by atoms with Crippen molar-refractivity contribution >= 4 is 11.7 Å². The molecule has 2 aliphatic rings. The molecule has 5 heteroatoms. The lowest BCUT2D eigenvalue weighted by Crippen LogP contribution is -2.53. The number of hydrogen-bond acceptors (Lipinski definition) is 4. The molecular weight excluding hydrogens is 378 g/mol. The topological polar surface area (TPSA) is 55.8 Å². The summed E-state index contributed by atoms with van der Waals surface area (Å²) < 4.78 is 12.2. The lowest BCUT2D eigenvalue weighted by Gasteiger charge is -2.44. The standard InChI is InChI=1S/C25H29NO4/c1-4-19-7-5-6-8-22(19)29-16-23(28)26-11-9-25(10-12-26)15-21(27)20-14-17(2)13-18(3)24(20)30-25/h5-8,13-14H,4,9-12,15-16H2,1-3H3. The van der Waals surface area contributed by atoms with Gasteiger partial charge in [0.05, 0.1) is 12.0 Å². The maximum Gasteiger partial charge on any atom is 0.260 e. The van der Waals surface area contributed by atoms with Crippen LogP contribution >= 0.6 is 0 Å². The number of carbonyl (C=O) groups is 2. The number of likely N-dealkylation sites (tertiary alicyclic amines) is 1. The van der Waals surface area contributed by atoms with Crippen molar-refractivity contribution in [1.29, 1.82) is 0 Å². The Hall–Kier alpha value is -2.82. The highest BCUT2D eigenvalue weighted by atomic mass is 16.5. The number of carbonyl (C=O) groups excluding carboxylic acids is 2. The van der Waals surface area contributed by atoms with E-state index >= 15 is 0 Å². The first-order chi connectivity index (χ1) is 14.4. The first kappa shape index (κ1) is 20.5. The summed E-state index contributed by atoms with van der Waals surface area (Å²) in [7, 11) is 0. The molecule has 4 rings (SSSR count). The number of ether oxygens (including phenoxy) is 2. The number of aryl methyl sites for hydroxylation is 3. The number of nitrogens with zero attached hydrogens (tertiary/aromatic N) is 1. The lowest BCUT2D eigenvalue weighted by atomic mass is 9.81. The highest BCUT2D eigenvalue weighted by Crippen LogP contribution is 2.41. The van der Waals surface area contributed by atoms with Gasteiger partial charge < -0.3 is 14.4 Å². The van der Waals surface area contributed by atoms with E-state index in [-0.39, 0.29) is 18.3 Å². The number of amides is 1. The maximum atomic E-state index is 12.8. The van der Waals surface area contributed by atoms with Gasteiger partial charge in [-0.05, 0) is 49.1 Å². The molecule has 2 aromatic carbocycles. The van der Waals surface area contributed by atoms with E-state index in [4.69, 9.17) is 9.47 Å². The Kier molecular flexibility index (Phi) is 5.54. The molecule has 0 radical (unpaired) electrons. The summed E-state index contributed by atoms with van der Waals surface area (Å²) in [6.07, 6.45) is 2.55. The Morgan fingerprint density at radius 3 is 2.63 bits per heavy atom. The molecule has 0 aliphatic carbocycles. The molecule has 0 unspecified atom stereocenters. The number of ketones is 1. The minimum Gasteiger partial charge on any atom is -0.486 e. The van der Waals surface area contributed by atoms with E-state index in [2.05, 4.69) is 13.0 Å². The van der Waals surface area contributed by atoms with Crippen molar-refractivity contribution < 1.29 is 19.1 Å². The molecule has 1 amide bonds. The largest absolute Gasteiger partial charge is 0.486 e. The Morgan fingerprint density at radius 2 is 1.90 bits per heavy atom. The monoisotopic (exact) mass is 407 g/mol. The third-order valence-corrected chi connectivity index (χ3v) is 6.25. The van der Waals surface area contributed by atoms with Gasteiger partial charge in [-0.25, -0.2) is 0 Å². The second kappa shape index (κ2) is 8.13. The average molecular weight is 408 g/mol. The van der Waals surface area contributed by atoms with Gasteiger partial charge in [0.15, 0.2) is 12.4 Å². The van der Waals surface area contributed by atoms with E-state index in [9.17, 15) is 9.59 Å². The molecule has 0 bridgehead atoms. The average Bonchev–Trinajstić information content (AvgIpc) is 2.74. The Labute approximate surface area is 178 Å². The van der Waals surface area contributed by atoms with Crippen LogP contribution in [0.25, 0.3) is 0 Å². The molecule has 5 nitrogen and oxygen atoms in total. The van der Waals surface area contributed by atoms with Crippen LogP contribution in [0.1, 0.15) is 53.2 Å².